The van der Waals surface area contributed by atoms with Crippen molar-refractivity contribution in [3.8, 4) is 5.75 Å². The van der Waals surface area contributed by atoms with Crippen LogP contribution in [0, 0.1) is 5.82 Å². The van der Waals surface area contributed by atoms with Gasteiger partial charge in [0.1, 0.15) is 17.7 Å². The van der Waals surface area contributed by atoms with Gasteiger partial charge in [-0.25, -0.2) is 9.18 Å². The molecule has 0 bridgehead atoms. The first-order chi connectivity index (χ1) is 13.9. The van der Waals surface area contributed by atoms with Gasteiger partial charge in [0.2, 0.25) is 0 Å². The van der Waals surface area contributed by atoms with Gasteiger partial charge in [-0.1, -0.05) is 48.0 Å². The molecule has 148 valence electrons. The van der Waals surface area contributed by atoms with E-state index < -0.39 is 17.8 Å². The van der Waals surface area contributed by atoms with Crippen LogP contribution in [0.25, 0.3) is 0 Å². The number of carbonyl (C=O) groups is 2. The summed E-state index contributed by atoms with van der Waals surface area (Å²) in [6, 6.07) is 19.5. The standard InChI is InChI=1S/C22H18ClFN2O3/c1-14(15-6-3-2-4-7-15)29-17-12-10-16(11-13-17)25-22(28)26-21(27)20-18(23)8-5-9-19(20)24/h2-14H,1H3,(H2,25,26,27,28). The van der Waals surface area contributed by atoms with Crippen LogP contribution in [-0.4, -0.2) is 11.9 Å². The molecule has 0 aliphatic carbocycles. The molecular formula is C22H18ClFN2O3. The van der Waals surface area contributed by atoms with Gasteiger partial charge < -0.3 is 10.1 Å². The summed E-state index contributed by atoms with van der Waals surface area (Å²) in [6.45, 7) is 1.94. The number of hydrogen-bond acceptors (Lipinski definition) is 3. The lowest BCUT2D eigenvalue weighted by atomic mass is 10.1. The number of hydrogen-bond donors (Lipinski definition) is 2. The van der Waals surface area contributed by atoms with Gasteiger partial charge in [-0.05, 0) is 48.9 Å². The highest BCUT2D eigenvalue weighted by molar-refractivity contribution is 6.34. The number of benzene rings is 3. The maximum Gasteiger partial charge on any atom is 0.326 e. The Kier molecular flexibility index (Phi) is 6.46. The number of amides is 3. The van der Waals surface area contributed by atoms with Gasteiger partial charge in [0.05, 0.1) is 10.6 Å². The Morgan fingerprint density at radius 3 is 2.31 bits per heavy atom. The van der Waals surface area contributed by atoms with Crippen LogP contribution in [-0.2, 0) is 0 Å². The molecule has 0 fully saturated rings. The van der Waals surface area contributed by atoms with E-state index in [-0.39, 0.29) is 16.7 Å². The second-order valence-corrected chi connectivity index (χ2v) is 6.61. The second kappa shape index (κ2) is 9.21. The number of imide groups is 1. The molecule has 0 heterocycles. The Bertz CT molecular complexity index is 990. The van der Waals surface area contributed by atoms with Crippen LogP contribution < -0.4 is 15.4 Å². The number of halogens is 2. The van der Waals surface area contributed by atoms with Crippen molar-refractivity contribution in [2.24, 2.45) is 0 Å². The summed E-state index contributed by atoms with van der Waals surface area (Å²) in [4.78, 5) is 24.1. The number of urea groups is 1. The van der Waals surface area contributed by atoms with Crippen LogP contribution in [0.5, 0.6) is 5.75 Å². The first kappa shape index (κ1) is 20.4. The lowest BCUT2D eigenvalue weighted by Crippen LogP contribution is -2.35. The lowest BCUT2D eigenvalue weighted by molar-refractivity contribution is 0.0963. The second-order valence-electron chi connectivity index (χ2n) is 6.20. The maximum absolute atomic E-state index is 13.8. The van der Waals surface area contributed by atoms with E-state index >= 15 is 0 Å². The van der Waals surface area contributed by atoms with Crippen LogP contribution in [0.2, 0.25) is 5.02 Å². The molecule has 3 aromatic rings. The van der Waals surface area contributed by atoms with Crippen molar-refractivity contribution in [2.45, 2.75) is 13.0 Å². The van der Waals surface area contributed by atoms with Crippen LogP contribution >= 0.6 is 11.6 Å². The van der Waals surface area contributed by atoms with E-state index in [9.17, 15) is 14.0 Å². The first-order valence-electron chi connectivity index (χ1n) is 8.82. The molecule has 2 N–H and O–H groups in total. The summed E-state index contributed by atoms with van der Waals surface area (Å²) in [5, 5.41) is 4.47. The predicted octanol–water partition coefficient (Wildman–Crippen LogP) is 5.58. The van der Waals surface area contributed by atoms with Gasteiger partial charge >= 0.3 is 6.03 Å². The summed E-state index contributed by atoms with van der Waals surface area (Å²) in [7, 11) is 0. The smallest absolute Gasteiger partial charge is 0.326 e. The number of nitrogens with one attached hydrogen (secondary N) is 2. The molecule has 3 rings (SSSR count). The van der Waals surface area contributed by atoms with E-state index in [4.69, 9.17) is 16.3 Å². The Labute approximate surface area is 172 Å². The SMILES string of the molecule is CC(Oc1ccc(NC(=O)NC(=O)c2c(F)cccc2Cl)cc1)c1ccccc1. The van der Waals surface area contributed by atoms with Crippen molar-refractivity contribution in [1.82, 2.24) is 5.32 Å². The zero-order valence-electron chi connectivity index (χ0n) is 15.5. The van der Waals surface area contributed by atoms with Gasteiger partial charge in [0.25, 0.3) is 5.91 Å². The summed E-state index contributed by atoms with van der Waals surface area (Å²) >= 11 is 5.82. The largest absolute Gasteiger partial charge is 0.486 e. The Balaban J connectivity index is 1.58. The third-order valence-corrected chi connectivity index (χ3v) is 4.43. The molecule has 0 aromatic heterocycles. The van der Waals surface area contributed by atoms with Gasteiger partial charge in [-0.15, -0.1) is 0 Å². The zero-order valence-corrected chi connectivity index (χ0v) is 16.2. The maximum atomic E-state index is 13.8. The topological polar surface area (TPSA) is 67.4 Å². The van der Waals surface area contributed by atoms with Gasteiger partial charge in [0, 0.05) is 5.69 Å². The van der Waals surface area contributed by atoms with Crippen molar-refractivity contribution < 1.29 is 18.7 Å². The molecule has 5 nitrogen and oxygen atoms in total. The highest BCUT2D eigenvalue weighted by atomic mass is 35.5. The monoisotopic (exact) mass is 412 g/mol. The molecule has 0 spiro atoms. The van der Waals surface area contributed by atoms with Crippen molar-refractivity contribution in [3.05, 3.63) is 94.8 Å². The van der Waals surface area contributed by atoms with E-state index in [1.54, 1.807) is 24.3 Å². The summed E-state index contributed by atoms with van der Waals surface area (Å²) in [5.74, 6) is -1.11. The van der Waals surface area contributed by atoms with E-state index in [2.05, 4.69) is 10.6 Å². The van der Waals surface area contributed by atoms with E-state index in [0.29, 0.717) is 11.4 Å². The number of anilines is 1. The predicted molar refractivity (Wildman–Crippen MR) is 110 cm³/mol. The van der Waals surface area contributed by atoms with Crippen LogP contribution in [0.4, 0.5) is 14.9 Å². The fourth-order valence-corrected chi connectivity index (χ4v) is 2.90. The Morgan fingerprint density at radius 1 is 0.966 bits per heavy atom. The molecule has 3 amide bonds. The molecule has 0 aliphatic heterocycles. The quantitative estimate of drug-likeness (QED) is 0.574. The van der Waals surface area contributed by atoms with Gasteiger partial charge in [0.15, 0.2) is 0 Å². The Hall–Kier alpha value is -3.38. The average molecular weight is 413 g/mol. The number of rotatable bonds is 5. The van der Waals surface area contributed by atoms with Crippen molar-refractivity contribution in [3.63, 3.8) is 0 Å². The van der Waals surface area contributed by atoms with Crippen LogP contribution in [0.3, 0.4) is 0 Å². The summed E-state index contributed by atoms with van der Waals surface area (Å²) < 4.78 is 19.6. The third-order valence-electron chi connectivity index (χ3n) is 4.11. The van der Waals surface area contributed by atoms with E-state index in [1.807, 2.05) is 37.3 Å². The fourth-order valence-electron chi connectivity index (χ4n) is 2.66. The molecule has 0 aliphatic rings. The average Bonchev–Trinajstić information content (AvgIpc) is 2.70. The molecule has 1 unspecified atom stereocenters. The molecular weight excluding hydrogens is 395 g/mol. The highest BCUT2D eigenvalue weighted by Gasteiger charge is 2.18. The zero-order chi connectivity index (χ0) is 20.8. The minimum atomic E-state index is -0.928. The molecule has 0 saturated carbocycles. The summed E-state index contributed by atoms with van der Waals surface area (Å²) in [6.07, 6.45) is -0.138. The molecule has 0 saturated heterocycles. The number of ether oxygens (including phenoxy) is 1. The molecule has 29 heavy (non-hydrogen) atoms. The lowest BCUT2D eigenvalue weighted by Gasteiger charge is -2.15. The van der Waals surface area contributed by atoms with Crippen molar-refractivity contribution in [1.29, 1.82) is 0 Å². The van der Waals surface area contributed by atoms with Crippen molar-refractivity contribution in [2.75, 3.05) is 5.32 Å². The van der Waals surface area contributed by atoms with Gasteiger partial charge in [-0.2, -0.15) is 0 Å². The molecule has 7 heteroatoms. The first-order valence-corrected chi connectivity index (χ1v) is 9.20. The Morgan fingerprint density at radius 2 is 1.66 bits per heavy atom. The molecule has 1 atom stereocenters. The van der Waals surface area contributed by atoms with Crippen LogP contribution in [0.1, 0.15) is 28.9 Å². The molecule has 0 radical (unpaired) electrons. The minimum absolute atomic E-state index is 0.0793. The van der Waals surface area contributed by atoms with Crippen molar-refractivity contribution >= 4 is 29.2 Å². The molecule has 3 aromatic carbocycles. The van der Waals surface area contributed by atoms with E-state index in [0.717, 1.165) is 11.6 Å². The van der Waals surface area contributed by atoms with Gasteiger partial charge in [-0.3, -0.25) is 10.1 Å². The number of carbonyl (C=O) groups excluding carboxylic acids is 2. The minimum Gasteiger partial charge on any atom is -0.486 e. The van der Waals surface area contributed by atoms with Crippen LogP contribution in [0.15, 0.2) is 72.8 Å². The fraction of sp³-hybridized carbons (Fsp3) is 0.0909. The summed E-state index contributed by atoms with van der Waals surface area (Å²) in [5.41, 5.74) is 1.09. The van der Waals surface area contributed by atoms with E-state index in [1.165, 1.54) is 12.1 Å². The third kappa shape index (κ3) is 5.33. The normalized spacial score (nSPS) is 11.4. The highest BCUT2D eigenvalue weighted by Crippen LogP contribution is 2.23.